The Morgan fingerprint density at radius 2 is 2.21 bits per heavy atom. The van der Waals surface area contributed by atoms with E-state index in [-0.39, 0.29) is 18.4 Å². The van der Waals surface area contributed by atoms with Crippen LogP contribution in [0.5, 0.6) is 0 Å². The standard InChI is InChI=1S/C18H22N4OS/c1-12(2)18(4,11-19)22-16(23)9-20-15-7-5-6-14(8-15)17-21-13(3)10-24-17/h5-8,10,12,20H,9H2,1-4H3,(H,22,23). The Balaban J connectivity index is 2.00. The third-order valence-electron chi connectivity index (χ3n) is 3.97. The van der Waals surface area contributed by atoms with Crippen molar-refractivity contribution in [1.82, 2.24) is 10.3 Å². The van der Waals surface area contributed by atoms with E-state index in [0.29, 0.717) is 0 Å². The van der Waals surface area contributed by atoms with Gasteiger partial charge in [-0.2, -0.15) is 5.26 Å². The molecule has 0 radical (unpaired) electrons. The number of aromatic nitrogens is 1. The Morgan fingerprint density at radius 1 is 1.46 bits per heavy atom. The number of aryl methyl sites for hydroxylation is 1. The lowest BCUT2D eigenvalue weighted by Crippen LogP contribution is -2.50. The van der Waals surface area contributed by atoms with Gasteiger partial charge in [0.2, 0.25) is 5.91 Å². The van der Waals surface area contributed by atoms with Crippen LogP contribution in [-0.4, -0.2) is 23.0 Å². The molecule has 0 fully saturated rings. The molecule has 1 aromatic carbocycles. The van der Waals surface area contributed by atoms with Crippen molar-refractivity contribution in [1.29, 1.82) is 5.26 Å². The second kappa shape index (κ2) is 7.45. The van der Waals surface area contributed by atoms with Crippen LogP contribution < -0.4 is 10.6 Å². The Kier molecular flexibility index (Phi) is 5.58. The average molecular weight is 342 g/mol. The minimum Gasteiger partial charge on any atom is -0.376 e. The van der Waals surface area contributed by atoms with Gasteiger partial charge < -0.3 is 10.6 Å². The first kappa shape index (κ1) is 18.0. The molecular weight excluding hydrogens is 320 g/mol. The van der Waals surface area contributed by atoms with Gasteiger partial charge in [0.15, 0.2) is 0 Å². The number of carbonyl (C=O) groups is 1. The molecule has 1 unspecified atom stereocenters. The molecule has 1 amide bonds. The maximum absolute atomic E-state index is 12.1. The number of carbonyl (C=O) groups excluding carboxylic acids is 1. The van der Waals surface area contributed by atoms with E-state index in [1.807, 2.05) is 50.4 Å². The molecule has 1 atom stereocenters. The second-order valence-electron chi connectivity index (χ2n) is 6.25. The van der Waals surface area contributed by atoms with Crippen LogP contribution in [0.2, 0.25) is 0 Å². The minimum absolute atomic E-state index is 0.0305. The van der Waals surface area contributed by atoms with Gasteiger partial charge in [0.25, 0.3) is 0 Å². The fraction of sp³-hybridized carbons (Fsp3) is 0.389. The maximum atomic E-state index is 12.1. The zero-order valence-corrected chi connectivity index (χ0v) is 15.2. The molecule has 2 N–H and O–H groups in total. The van der Waals surface area contributed by atoms with Gasteiger partial charge >= 0.3 is 0 Å². The number of anilines is 1. The second-order valence-corrected chi connectivity index (χ2v) is 7.10. The molecule has 0 aliphatic carbocycles. The minimum atomic E-state index is -0.862. The van der Waals surface area contributed by atoms with Gasteiger partial charge in [-0.25, -0.2) is 4.98 Å². The summed E-state index contributed by atoms with van der Waals surface area (Å²) < 4.78 is 0. The monoisotopic (exact) mass is 342 g/mol. The Hall–Kier alpha value is -2.39. The van der Waals surface area contributed by atoms with Gasteiger partial charge in [0.05, 0.1) is 12.6 Å². The first-order valence-corrected chi connectivity index (χ1v) is 8.70. The topological polar surface area (TPSA) is 77.8 Å². The number of nitriles is 1. The van der Waals surface area contributed by atoms with Crippen molar-refractivity contribution in [2.45, 2.75) is 33.2 Å². The highest BCUT2D eigenvalue weighted by molar-refractivity contribution is 7.13. The molecule has 126 valence electrons. The van der Waals surface area contributed by atoms with Gasteiger partial charge in [-0.15, -0.1) is 11.3 Å². The maximum Gasteiger partial charge on any atom is 0.240 e. The third-order valence-corrected chi connectivity index (χ3v) is 4.98. The van der Waals surface area contributed by atoms with Crippen LogP contribution in [0, 0.1) is 24.2 Å². The van der Waals surface area contributed by atoms with Crippen molar-refractivity contribution in [2.24, 2.45) is 5.92 Å². The molecule has 0 saturated carbocycles. The molecule has 0 aliphatic heterocycles. The molecule has 5 nitrogen and oxygen atoms in total. The number of benzene rings is 1. The lowest BCUT2D eigenvalue weighted by atomic mass is 9.90. The SMILES string of the molecule is Cc1csc(-c2cccc(NCC(=O)NC(C)(C#N)C(C)C)c2)n1. The fourth-order valence-corrected chi connectivity index (χ4v) is 2.86. The molecule has 0 aliphatic rings. The van der Waals surface area contributed by atoms with Crippen molar-refractivity contribution in [3.63, 3.8) is 0 Å². The van der Waals surface area contributed by atoms with Crippen molar-refractivity contribution in [2.75, 3.05) is 11.9 Å². The third kappa shape index (κ3) is 4.33. The smallest absolute Gasteiger partial charge is 0.240 e. The van der Waals surface area contributed by atoms with E-state index in [1.54, 1.807) is 18.3 Å². The number of amides is 1. The average Bonchev–Trinajstić information content (AvgIpc) is 2.99. The predicted octanol–water partition coefficient (Wildman–Crippen LogP) is 3.58. The van der Waals surface area contributed by atoms with Crippen molar-refractivity contribution in [3.05, 3.63) is 35.3 Å². The van der Waals surface area contributed by atoms with Crippen LogP contribution in [0.3, 0.4) is 0 Å². The summed E-state index contributed by atoms with van der Waals surface area (Å²) in [5, 5.41) is 18.1. The molecule has 2 rings (SSSR count). The number of nitrogens with one attached hydrogen (secondary N) is 2. The van der Waals surface area contributed by atoms with E-state index in [2.05, 4.69) is 21.7 Å². The first-order valence-electron chi connectivity index (χ1n) is 7.83. The lowest BCUT2D eigenvalue weighted by Gasteiger charge is -2.27. The summed E-state index contributed by atoms with van der Waals surface area (Å²) in [6, 6.07) is 9.97. The largest absolute Gasteiger partial charge is 0.376 e. The summed E-state index contributed by atoms with van der Waals surface area (Å²) in [5.74, 6) is -0.175. The van der Waals surface area contributed by atoms with Gasteiger partial charge in [0.1, 0.15) is 10.5 Å². The Labute approximate surface area is 146 Å². The van der Waals surface area contributed by atoms with Gasteiger partial charge in [-0.3, -0.25) is 4.79 Å². The van der Waals surface area contributed by atoms with Crippen LogP contribution in [0.25, 0.3) is 10.6 Å². The number of hydrogen-bond donors (Lipinski definition) is 2. The predicted molar refractivity (Wildman–Crippen MR) is 97.8 cm³/mol. The molecule has 6 heteroatoms. The molecule has 0 spiro atoms. The zero-order valence-electron chi connectivity index (χ0n) is 14.4. The fourth-order valence-electron chi connectivity index (χ4n) is 2.07. The molecule has 2 aromatic rings. The van der Waals surface area contributed by atoms with E-state index >= 15 is 0 Å². The van der Waals surface area contributed by atoms with Crippen molar-refractivity contribution in [3.8, 4) is 16.6 Å². The van der Waals surface area contributed by atoms with E-state index in [9.17, 15) is 10.1 Å². The highest BCUT2D eigenvalue weighted by Gasteiger charge is 2.29. The van der Waals surface area contributed by atoms with Gasteiger partial charge in [-0.1, -0.05) is 26.0 Å². The summed E-state index contributed by atoms with van der Waals surface area (Å²) in [7, 11) is 0. The van der Waals surface area contributed by atoms with E-state index in [0.717, 1.165) is 22.0 Å². The number of thiazole rings is 1. The molecular formula is C18H22N4OS. The molecule has 1 aromatic heterocycles. The van der Waals surface area contributed by atoms with Gasteiger partial charge in [-0.05, 0) is 31.9 Å². The molecule has 1 heterocycles. The number of nitrogens with zero attached hydrogens (tertiary/aromatic N) is 2. The van der Waals surface area contributed by atoms with Crippen LogP contribution in [0.4, 0.5) is 5.69 Å². The Morgan fingerprint density at radius 3 is 2.79 bits per heavy atom. The molecule has 24 heavy (non-hydrogen) atoms. The summed E-state index contributed by atoms with van der Waals surface area (Å²) in [6.07, 6.45) is 0. The quantitative estimate of drug-likeness (QED) is 0.841. The van der Waals surface area contributed by atoms with E-state index in [4.69, 9.17) is 0 Å². The normalized spacial score (nSPS) is 13.2. The summed E-state index contributed by atoms with van der Waals surface area (Å²) in [5.41, 5.74) is 2.00. The highest BCUT2D eigenvalue weighted by Crippen LogP contribution is 2.25. The summed E-state index contributed by atoms with van der Waals surface area (Å²) in [6.45, 7) is 7.64. The van der Waals surface area contributed by atoms with Crippen molar-refractivity contribution >= 4 is 22.9 Å². The van der Waals surface area contributed by atoms with Crippen LogP contribution in [0.1, 0.15) is 26.5 Å². The summed E-state index contributed by atoms with van der Waals surface area (Å²) >= 11 is 1.60. The van der Waals surface area contributed by atoms with Gasteiger partial charge in [0, 0.05) is 22.3 Å². The number of hydrogen-bond acceptors (Lipinski definition) is 5. The van der Waals surface area contributed by atoms with Crippen LogP contribution >= 0.6 is 11.3 Å². The van der Waals surface area contributed by atoms with E-state index in [1.165, 1.54) is 0 Å². The number of rotatable bonds is 6. The summed E-state index contributed by atoms with van der Waals surface area (Å²) in [4.78, 5) is 16.6. The Bertz CT molecular complexity index is 762. The van der Waals surface area contributed by atoms with E-state index < -0.39 is 5.54 Å². The lowest BCUT2D eigenvalue weighted by molar-refractivity contribution is -0.121. The highest BCUT2D eigenvalue weighted by atomic mass is 32.1. The van der Waals surface area contributed by atoms with Crippen molar-refractivity contribution < 1.29 is 4.79 Å². The van der Waals surface area contributed by atoms with Crippen LogP contribution in [-0.2, 0) is 4.79 Å². The zero-order chi connectivity index (χ0) is 17.7. The molecule has 0 bridgehead atoms. The first-order chi connectivity index (χ1) is 11.3. The molecule has 0 saturated heterocycles. The van der Waals surface area contributed by atoms with Crippen LogP contribution in [0.15, 0.2) is 29.6 Å².